The normalized spacial score (nSPS) is 17.7. The third-order valence-corrected chi connectivity index (χ3v) is 6.21. The molecule has 1 saturated carbocycles. The molecule has 2 aliphatic carbocycles. The molecule has 0 unspecified atom stereocenters. The highest BCUT2D eigenvalue weighted by molar-refractivity contribution is 5.89. The number of amides is 2. The van der Waals surface area contributed by atoms with Crippen molar-refractivity contribution in [2.75, 3.05) is 37.4 Å². The van der Waals surface area contributed by atoms with Crippen LogP contribution in [0.5, 0.6) is 0 Å². The van der Waals surface area contributed by atoms with Crippen LogP contribution in [-0.4, -0.2) is 38.1 Å². The number of nitrogens with zero attached hydrogens (tertiary/aromatic N) is 2. The van der Waals surface area contributed by atoms with Gasteiger partial charge in [-0.3, -0.25) is 0 Å². The van der Waals surface area contributed by atoms with Gasteiger partial charge in [-0.05, 0) is 75.1 Å². The molecule has 0 saturated heterocycles. The number of hydrogen-bond acceptors (Lipinski definition) is 2. The highest BCUT2D eigenvalue weighted by Crippen LogP contribution is 2.26. The lowest BCUT2D eigenvalue weighted by Gasteiger charge is -2.30. The zero-order valence-electron chi connectivity index (χ0n) is 17.8. The van der Waals surface area contributed by atoms with Crippen LogP contribution in [0.25, 0.3) is 0 Å². The van der Waals surface area contributed by atoms with Gasteiger partial charge < -0.3 is 15.1 Å². The Hall–Kier alpha value is -1.97. The van der Waals surface area contributed by atoms with E-state index in [2.05, 4.69) is 21.2 Å². The molecule has 0 atom stereocenters. The molecule has 0 aromatic heterocycles. The second-order valence-electron chi connectivity index (χ2n) is 8.68. The average Bonchev–Trinajstić information content (AvgIpc) is 2.73. The molecular weight excluding hydrogens is 346 g/mol. The molecule has 3 rings (SSSR count). The van der Waals surface area contributed by atoms with Crippen LogP contribution >= 0.6 is 0 Å². The van der Waals surface area contributed by atoms with Crippen molar-refractivity contribution in [3.8, 4) is 0 Å². The Morgan fingerprint density at radius 3 is 2.43 bits per heavy atom. The summed E-state index contributed by atoms with van der Waals surface area (Å²) in [6.07, 6.45) is 15.0. The smallest absolute Gasteiger partial charge is 0.321 e. The number of urea groups is 1. The molecule has 1 aromatic rings. The van der Waals surface area contributed by atoms with Gasteiger partial charge in [-0.15, -0.1) is 0 Å². The standard InChI is InChI=1S/C24H37N3O/c1-26(2)23-15-13-22(14-16-23)25-24(28)27(19-21-11-7-4-8-12-21)18-17-20-9-5-3-6-10-20/h9,13-16,21H,3-8,10-12,17-19H2,1-2H3,(H,25,28). The lowest BCUT2D eigenvalue weighted by Crippen LogP contribution is -2.39. The van der Waals surface area contributed by atoms with Gasteiger partial charge in [-0.25, -0.2) is 4.79 Å². The minimum atomic E-state index is 0.0552. The van der Waals surface area contributed by atoms with Gasteiger partial charge in [0.2, 0.25) is 0 Å². The molecule has 4 heteroatoms. The second-order valence-corrected chi connectivity index (χ2v) is 8.68. The van der Waals surface area contributed by atoms with E-state index in [0.29, 0.717) is 5.92 Å². The van der Waals surface area contributed by atoms with Crippen molar-refractivity contribution in [3.63, 3.8) is 0 Å². The summed E-state index contributed by atoms with van der Waals surface area (Å²) >= 11 is 0. The van der Waals surface area contributed by atoms with E-state index >= 15 is 0 Å². The van der Waals surface area contributed by atoms with Crippen LogP contribution in [-0.2, 0) is 0 Å². The van der Waals surface area contributed by atoms with Crippen LogP contribution in [0.4, 0.5) is 16.2 Å². The third-order valence-electron chi connectivity index (χ3n) is 6.21. The van der Waals surface area contributed by atoms with Crippen molar-refractivity contribution in [2.24, 2.45) is 5.92 Å². The first-order chi connectivity index (χ1) is 13.6. The first-order valence-electron chi connectivity index (χ1n) is 11.1. The highest BCUT2D eigenvalue weighted by atomic mass is 16.2. The zero-order valence-corrected chi connectivity index (χ0v) is 17.8. The van der Waals surface area contributed by atoms with Crippen molar-refractivity contribution < 1.29 is 4.79 Å². The average molecular weight is 384 g/mol. The molecule has 2 amide bonds. The fourth-order valence-electron chi connectivity index (χ4n) is 4.41. The second kappa shape index (κ2) is 10.5. The quantitative estimate of drug-likeness (QED) is 0.581. The monoisotopic (exact) mass is 383 g/mol. The summed E-state index contributed by atoms with van der Waals surface area (Å²) in [5, 5.41) is 3.13. The van der Waals surface area contributed by atoms with E-state index in [9.17, 15) is 4.79 Å². The molecule has 4 nitrogen and oxygen atoms in total. The fourth-order valence-corrected chi connectivity index (χ4v) is 4.41. The highest BCUT2D eigenvalue weighted by Gasteiger charge is 2.21. The van der Waals surface area contributed by atoms with Crippen LogP contribution < -0.4 is 10.2 Å². The molecule has 28 heavy (non-hydrogen) atoms. The number of rotatable bonds is 7. The Morgan fingerprint density at radius 1 is 1.04 bits per heavy atom. The summed E-state index contributed by atoms with van der Waals surface area (Å²) in [4.78, 5) is 17.2. The number of carbonyl (C=O) groups is 1. The molecular formula is C24H37N3O. The molecule has 1 aromatic carbocycles. The number of nitrogens with one attached hydrogen (secondary N) is 1. The van der Waals surface area contributed by atoms with Gasteiger partial charge in [0.15, 0.2) is 0 Å². The zero-order chi connectivity index (χ0) is 19.8. The maximum Gasteiger partial charge on any atom is 0.321 e. The van der Waals surface area contributed by atoms with Crippen LogP contribution in [0, 0.1) is 5.92 Å². The Morgan fingerprint density at radius 2 is 1.79 bits per heavy atom. The van der Waals surface area contributed by atoms with E-state index in [0.717, 1.165) is 30.9 Å². The Kier molecular flexibility index (Phi) is 7.81. The summed E-state index contributed by atoms with van der Waals surface area (Å²) in [7, 11) is 4.05. The van der Waals surface area contributed by atoms with E-state index in [4.69, 9.17) is 0 Å². The van der Waals surface area contributed by atoms with Gasteiger partial charge in [0.05, 0.1) is 0 Å². The first kappa shape index (κ1) is 20.8. The van der Waals surface area contributed by atoms with Gasteiger partial charge in [0, 0.05) is 38.6 Å². The Bertz CT molecular complexity index is 644. The largest absolute Gasteiger partial charge is 0.378 e. The molecule has 0 radical (unpaired) electrons. The molecule has 0 spiro atoms. The number of benzene rings is 1. The minimum Gasteiger partial charge on any atom is -0.378 e. The number of anilines is 2. The Balaban J connectivity index is 1.61. The van der Waals surface area contributed by atoms with Crippen LogP contribution in [0.2, 0.25) is 0 Å². The van der Waals surface area contributed by atoms with E-state index in [1.165, 1.54) is 57.8 Å². The molecule has 154 valence electrons. The van der Waals surface area contributed by atoms with E-state index < -0.39 is 0 Å². The van der Waals surface area contributed by atoms with Gasteiger partial charge in [-0.1, -0.05) is 30.9 Å². The molecule has 2 aliphatic rings. The van der Waals surface area contributed by atoms with Crippen molar-refractivity contribution in [3.05, 3.63) is 35.9 Å². The number of carbonyl (C=O) groups excluding carboxylic acids is 1. The Labute approximate surface area is 171 Å². The lowest BCUT2D eigenvalue weighted by molar-refractivity contribution is 0.191. The summed E-state index contributed by atoms with van der Waals surface area (Å²) in [6, 6.07) is 8.15. The number of hydrogen-bond donors (Lipinski definition) is 1. The van der Waals surface area contributed by atoms with Gasteiger partial charge in [0.25, 0.3) is 0 Å². The molecule has 0 heterocycles. The summed E-state index contributed by atoms with van der Waals surface area (Å²) in [6.45, 7) is 1.73. The van der Waals surface area contributed by atoms with Crippen LogP contribution in [0.15, 0.2) is 35.9 Å². The number of allylic oxidation sites excluding steroid dienone is 1. The van der Waals surface area contributed by atoms with Gasteiger partial charge in [0.1, 0.15) is 0 Å². The predicted octanol–water partition coefficient (Wildman–Crippen LogP) is 6.06. The van der Waals surface area contributed by atoms with E-state index in [1.807, 2.05) is 38.4 Å². The predicted molar refractivity (Wildman–Crippen MR) is 119 cm³/mol. The molecule has 0 aliphatic heterocycles. The van der Waals surface area contributed by atoms with Crippen molar-refractivity contribution >= 4 is 17.4 Å². The van der Waals surface area contributed by atoms with Crippen LogP contribution in [0.1, 0.15) is 64.2 Å². The first-order valence-corrected chi connectivity index (χ1v) is 11.1. The lowest BCUT2D eigenvalue weighted by atomic mass is 9.89. The van der Waals surface area contributed by atoms with E-state index in [-0.39, 0.29) is 6.03 Å². The molecule has 0 bridgehead atoms. The summed E-state index contributed by atoms with van der Waals surface area (Å²) in [5.74, 6) is 0.663. The molecule has 1 N–H and O–H groups in total. The van der Waals surface area contributed by atoms with Crippen LogP contribution in [0.3, 0.4) is 0 Å². The summed E-state index contributed by atoms with van der Waals surface area (Å²) in [5.41, 5.74) is 3.56. The molecule has 1 fully saturated rings. The fraction of sp³-hybridized carbons (Fsp3) is 0.625. The third kappa shape index (κ3) is 6.29. The van der Waals surface area contributed by atoms with Crippen molar-refractivity contribution in [2.45, 2.75) is 64.2 Å². The van der Waals surface area contributed by atoms with E-state index in [1.54, 1.807) is 5.57 Å². The van der Waals surface area contributed by atoms with Crippen molar-refractivity contribution in [1.29, 1.82) is 0 Å². The SMILES string of the molecule is CN(C)c1ccc(NC(=O)N(CCC2=CCCCC2)CC2CCCCC2)cc1. The topological polar surface area (TPSA) is 35.6 Å². The van der Waals surface area contributed by atoms with Crippen molar-refractivity contribution in [1.82, 2.24) is 4.90 Å². The van der Waals surface area contributed by atoms with Gasteiger partial charge >= 0.3 is 6.03 Å². The summed E-state index contributed by atoms with van der Waals surface area (Å²) < 4.78 is 0. The van der Waals surface area contributed by atoms with Gasteiger partial charge in [-0.2, -0.15) is 0 Å². The maximum atomic E-state index is 13.1. The minimum absolute atomic E-state index is 0.0552. The maximum absolute atomic E-state index is 13.1.